The van der Waals surface area contributed by atoms with Crippen LogP contribution in [-0.2, 0) is 17.9 Å². The van der Waals surface area contributed by atoms with Crippen LogP contribution in [0.2, 0.25) is 0 Å². The second-order valence-corrected chi connectivity index (χ2v) is 10.1. The van der Waals surface area contributed by atoms with Crippen molar-refractivity contribution in [2.75, 3.05) is 0 Å². The van der Waals surface area contributed by atoms with Crippen LogP contribution in [0.15, 0.2) is 53.1 Å². The zero-order valence-electron chi connectivity index (χ0n) is 18.4. The zero-order valence-corrected chi connectivity index (χ0v) is 18.4. The van der Waals surface area contributed by atoms with Gasteiger partial charge < -0.3 is 4.42 Å². The number of hydrogen-bond donors (Lipinski definition) is 0. The summed E-state index contributed by atoms with van der Waals surface area (Å²) in [6.07, 6.45) is 4.52. The third kappa shape index (κ3) is 2.58. The SMILES string of the molecule is Cc1ccc2c(oc3ccc4c(c32)C(C)(C)CCC4(C)C)c1-c1cccc[n+]1C. The Balaban J connectivity index is 1.95. The van der Waals surface area contributed by atoms with Gasteiger partial charge in [-0.1, -0.05) is 45.9 Å². The highest BCUT2D eigenvalue weighted by Gasteiger charge is 2.39. The van der Waals surface area contributed by atoms with E-state index < -0.39 is 0 Å². The minimum absolute atomic E-state index is 0.142. The van der Waals surface area contributed by atoms with E-state index in [1.165, 1.54) is 51.6 Å². The zero-order chi connectivity index (χ0) is 20.6. The molecule has 148 valence electrons. The van der Waals surface area contributed by atoms with Gasteiger partial charge in [-0.3, -0.25) is 0 Å². The molecule has 0 unspecified atom stereocenters. The van der Waals surface area contributed by atoms with Crippen molar-refractivity contribution >= 4 is 21.9 Å². The van der Waals surface area contributed by atoms with Crippen LogP contribution >= 0.6 is 0 Å². The molecule has 0 N–H and O–H groups in total. The van der Waals surface area contributed by atoms with Gasteiger partial charge in [-0.05, 0) is 59.4 Å². The molecule has 0 aliphatic heterocycles. The van der Waals surface area contributed by atoms with Crippen molar-refractivity contribution in [2.24, 2.45) is 7.05 Å². The first kappa shape index (κ1) is 18.4. The van der Waals surface area contributed by atoms with Gasteiger partial charge in [0.15, 0.2) is 6.20 Å². The summed E-state index contributed by atoms with van der Waals surface area (Å²) in [6.45, 7) is 11.7. The molecule has 2 heterocycles. The molecule has 2 heteroatoms. The van der Waals surface area contributed by atoms with Crippen molar-refractivity contribution < 1.29 is 8.98 Å². The summed E-state index contributed by atoms with van der Waals surface area (Å²) in [5.74, 6) is 0. The van der Waals surface area contributed by atoms with Gasteiger partial charge in [0, 0.05) is 22.9 Å². The van der Waals surface area contributed by atoms with Crippen LogP contribution in [0.25, 0.3) is 33.2 Å². The number of aryl methyl sites for hydroxylation is 2. The molecule has 2 aromatic heterocycles. The van der Waals surface area contributed by atoms with E-state index in [0.29, 0.717) is 0 Å². The van der Waals surface area contributed by atoms with Crippen molar-refractivity contribution in [3.8, 4) is 11.3 Å². The fraction of sp³-hybridized carbons (Fsp3) is 0.370. The number of aromatic nitrogens is 1. The predicted molar refractivity (Wildman–Crippen MR) is 120 cm³/mol. The summed E-state index contributed by atoms with van der Waals surface area (Å²) < 4.78 is 8.77. The number of furan rings is 1. The molecule has 2 aromatic carbocycles. The Labute approximate surface area is 173 Å². The molecular weight excluding hydrogens is 354 g/mol. The van der Waals surface area contributed by atoms with Gasteiger partial charge in [0.05, 0.1) is 5.56 Å². The molecule has 0 amide bonds. The van der Waals surface area contributed by atoms with Crippen LogP contribution in [-0.4, -0.2) is 0 Å². The molecule has 0 saturated heterocycles. The molecule has 4 aromatic rings. The normalized spacial score (nSPS) is 17.6. The number of pyridine rings is 1. The smallest absolute Gasteiger partial charge is 0.216 e. The molecule has 0 saturated carbocycles. The Morgan fingerprint density at radius 3 is 2.41 bits per heavy atom. The summed E-state index contributed by atoms with van der Waals surface area (Å²) in [6, 6.07) is 15.4. The number of fused-ring (bicyclic) bond motifs is 5. The van der Waals surface area contributed by atoms with Gasteiger partial charge >= 0.3 is 0 Å². The molecule has 1 aliphatic rings. The van der Waals surface area contributed by atoms with E-state index in [0.717, 1.165) is 11.2 Å². The first-order chi connectivity index (χ1) is 13.7. The highest BCUT2D eigenvalue weighted by Crippen LogP contribution is 2.51. The monoisotopic (exact) mass is 384 g/mol. The Morgan fingerprint density at radius 2 is 1.66 bits per heavy atom. The largest absolute Gasteiger partial charge is 0.455 e. The van der Waals surface area contributed by atoms with E-state index in [1.807, 2.05) is 0 Å². The summed E-state index contributed by atoms with van der Waals surface area (Å²) in [5, 5.41) is 2.56. The van der Waals surface area contributed by atoms with E-state index in [1.54, 1.807) is 0 Å². The Bertz CT molecular complexity index is 1270. The van der Waals surface area contributed by atoms with Gasteiger partial charge in [-0.2, -0.15) is 0 Å². The van der Waals surface area contributed by atoms with E-state index in [9.17, 15) is 0 Å². The lowest BCUT2D eigenvalue weighted by molar-refractivity contribution is -0.660. The van der Waals surface area contributed by atoms with Crippen LogP contribution in [0.3, 0.4) is 0 Å². The average molecular weight is 385 g/mol. The minimum Gasteiger partial charge on any atom is -0.455 e. The van der Waals surface area contributed by atoms with Crippen LogP contribution in [0.4, 0.5) is 0 Å². The maximum absolute atomic E-state index is 6.59. The van der Waals surface area contributed by atoms with Crippen molar-refractivity contribution in [3.05, 3.63) is 65.4 Å². The quantitative estimate of drug-likeness (QED) is 0.332. The fourth-order valence-electron chi connectivity index (χ4n) is 5.28. The van der Waals surface area contributed by atoms with E-state index in [2.05, 4.69) is 94.9 Å². The van der Waals surface area contributed by atoms with Gasteiger partial charge in [-0.25, -0.2) is 4.57 Å². The molecule has 0 bridgehead atoms. The molecule has 0 radical (unpaired) electrons. The van der Waals surface area contributed by atoms with Crippen molar-refractivity contribution in [2.45, 2.75) is 58.3 Å². The lowest BCUT2D eigenvalue weighted by Gasteiger charge is -2.42. The van der Waals surface area contributed by atoms with Crippen LogP contribution < -0.4 is 4.57 Å². The Hall–Kier alpha value is -2.61. The molecule has 0 spiro atoms. The number of nitrogens with zero attached hydrogens (tertiary/aromatic N) is 1. The summed E-state index contributed by atoms with van der Waals surface area (Å²) >= 11 is 0. The van der Waals surface area contributed by atoms with Crippen LogP contribution in [0.5, 0.6) is 0 Å². The summed E-state index contributed by atoms with van der Waals surface area (Å²) in [5.41, 5.74) is 8.95. The van der Waals surface area contributed by atoms with E-state index >= 15 is 0 Å². The standard InChI is InChI=1S/C27H30NO/c1-17-10-11-18-23-21(29-25(18)22(17)20-9-7-8-16-28(20)6)13-12-19-24(23)27(4,5)15-14-26(19,2)3/h7-13,16H,14-15H2,1-6H3/q+1. The lowest BCUT2D eigenvalue weighted by atomic mass is 9.62. The van der Waals surface area contributed by atoms with Gasteiger partial charge in [0.1, 0.15) is 18.2 Å². The van der Waals surface area contributed by atoms with E-state index in [-0.39, 0.29) is 10.8 Å². The summed E-state index contributed by atoms with van der Waals surface area (Å²) in [4.78, 5) is 0. The van der Waals surface area contributed by atoms with Crippen molar-refractivity contribution in [1.29, 1.82) is 0 Å². The third-order valence-electron chi connectivity index (χ3n) is 7.11. The Kier molecular flexibility index (Phi) is 3.78. The topological polar surface area (TPSA) is 17.0 Å². The molecule has 0 atom stereocenters. The molecule has 2 nitrogen and oxygen atoms in total. The van der Waals surface area contributed by atoms with Gasteiger partial charge in [-0.15, -0.1) is 0 Å². The lowest BCUT2D eigenvalue weighted by Crippen LogP contribution is -2.33. The predicted octanol–water partition coefficient (Wildman–Crippen LogP) is 6.73. The second-order valence-electron chi connectivity index (χ2n) is 10.1. The fourth-order valence-corrected chi connectivity index (χ4v) is 5.28. The molecule has 1 aliphatic carbocycles. The average Bonchev–Trinajstić information content (AvgIpc) is 3.04. The van der Waals surface area contributed by atoms with Gasteiger partial charge in [0.2, 0.25) is 5.69 Å². The third-order valence-corrected chi connectivity index (χ3v) is 7.11. The molecule has 29 heavy (non-hydrogen) atoms. The molecule has 5 rings (SSSR count). The van der Waals surface area contributed by atoms with Crippen molar-refractivity contribution in [3.63, 3.8) is 0 Å². The number of rotatable bonds is 1. The Morgan fingerprint density at radius 1 is 0.897 bits per heavy atom. The van der Waals surface area contributed by atoms with Gasteiger partial charge in [0.25, 0.3) is 0 Å². The summed E-state index contributed by atoms with van der Waals surface area (Å²) in [7, 11) is 2.10. The second kappa shape index (κ2) is 5.95. The first-order valence-electron chi connectivity index (χ1n) is 10.7. The first-order valence-corrected chi connectivity index (χ1v) is 10.7. The highest BCUT2D eigenvalue weighted by atomic mass is 16.3. The number of benzene rings is 2. The molecule has 0 fully saturated rings. The number of hydrogen-bond acceptors (Lipinski definition) is 1. The highest BCUT2D eigenvalue weighted by molar-refractivity contribution is 6.12. The van der Waals surface area contributed by atoms with Crippen LogP contribution in [0, 0.1) is 6.92 Å². The molecular formula is C27H30NO+. The van der Waals surface area contributed by atoms with Crippen molar-refractivity contribution in [1.82, 2.24) is 0 Å². The maximum Gasteiger partial charge on any atom is 0.216 e. The van der Waals surface area contributed by atoms with E-state index in [4.69, 9.17) is 4.42 Å². The maximum atomic E-state index is 6.59. The van der Waals surface area contributed by atoms with Crippen LogP contribution in [0.1, 0.15) is 57.2 Å². The minimum atomic E-state index is 0.142.